The summed E-state index contributed by atoms with van der Waals surface area (Å²) in [5.41, 5.74) is 7.22. The van der Waals surface area contributed by atoms with E-state index in [-0.39, 0.29) is 17.5 Å². The molecule has 3 nitrogen and oxygen atoms in total. The van der Waals surface area contributed by atoms with Gasteiger partial charge in [0.1, 0.15) is 0 Å². The summed E-state index contributed by atoms with van der Waals surface area (Å²) in [6, 6.07) is 10.4. The molecule has 3 heteroatoms. The third kappa shape index (κ3) is 4.35. The predicted molar refractivity (Wildman–Crippen MR) is 77.8 cm³/mol. The maximum atomic E-state index is 12.0. The molecule has 1 atom stereocenters. The highest BCUT2D eigenvalue weighted by Crippen LogP contribution is 2.29. The van der Waals surface area contributed by atoms with Crippen molar-refractivity contribution in [3.05, 3.63) is 35.9 Å². The zero-order valence-corrected chi connectivity index (χ0v) is 11.7. The standard InChI is InChI=1S/C16H24N2O/c1-13(11-14-7-3-2-4-8-14)18-15(19)12-16(17)9-5-6-10-16/h2-4,7-8,13H,5-6,9-12,17H2,1H3,(H,18,19). The van der Waals surface area contributed by atoms with Gasteiger partial charge in [0.25, 0.3) is 0 Å². The van der Waals surface area contributed by atoms with Gasteiger partial charge in [-0.05, 0) is 31.7 Å². The number of hydrogen-bond donors (Lipinski definition) is 2. The minimum absolute atomic E-state index is 0.0906. The summed E-state index contributed by atoms with van der Waals surface area (Å²) in [6.45, 7) is 2.04. The molecule has 1 aliphatic rings. The molecule has 1 aromatic rings. The van der Waals surface area contributed by atoms with Crippen molar-refractivity contribution in [3.63, 3.8) is 0 Å². The zero-order valence-electron chi connectivity index (χ0n) is 11.7. The summed E-state index contributed by atoms with van der Waals surface area (Å²) in [5.74, 6) is 0.0906. The topological polar surface area (TPSA) is 55.1 Å². The number of carbonyl (C=O) groups is 1. The van der Waals surface area contributed by atoms with Crippen molar-refractivity contribution >= 4 is 5.91 Å². The van der Waals surface area contributed by atoms with Gasteiger partial charge < -0.3 is 11.1 Å². The Bertz CT molecular complexity index is 410. The second-order valence-electron chi connectivity index (χ2n) is 5.90. The Morgan fingerprint density at radius 3 is 2.58 bits per heavy atom. The Morgan fingerprint density at radius 2 is 1.95 bits per heavy atom. The van der Waals surface area contributed by atoms with E-state index in [4.69, 9.17) is 5.73 Å². The summed E-state index contributed by atoms with van der Waals surface area (Å²) in [5, 5.41) is 3.06. The molecular formula is C16H24N2O. The lowest BCUT2D eigenvalue weighted by atomic mass is 9.94. The molecule has 19 heavy (non-hydrogen) atoms. The van der Waals surface area contributed by atoms with Gasteiger partial charge in [-0.1, -0.05) is 43.2 Å². The van der Waals surface area contributed by atoms with Crippen LogP contribution in [0, 0.1) is 0 Å². The van der Waals surface area contributed by atoms with Crippen LogP contribution < -0.4 is 11.1 Å². The fourth-order valence-corrected chi connectivity index (χ4v) is 2.92. The molecule has 1 unspecified atom stereocenters. The normalized spacial score (nSPS) is 19.1. The van der Waals surface area contributed by atoms with Crippen LogP contribution in [0.25, 0.3) is 0 Å². The lowest BCUT2D eigenvalue weighted by Gasteiger charge is -2.24. The van der Waals surface area contributed by atoms with Gasteiger partial charge in [0, 0.05) is 18.0 Å². The Kier molecular flexibility index (Phi) is 4.59. The number of benzene rings is 1. The van der Waals surface area contributed by atoms with E-state index in [1.54, 1.807) is 0 Å². The largest absolute Gasteiger partial charge is 0.353 e. The first-order chi connectivity index (χ1) is 9.07. The lowest BCUT2D eigenvalue weighted by molar-refractivity contribution is -0.122. The lowest BCUT2D eigenvalue weighted by Crippen LogP contribution is -2.44. The molecule has 104 valence electrons. The average Bonchev–Trinajstić information content (AvgIpc) is 2.76. The first-order valence-corrected chi connectivity index (χ1v) is 7.20. The Labute approximate surface area is 115 Å². The molecule has 1 aromatic carbocycles. The van der Waals surface area contributed by atoms with Gasteiger partial charge in [0.15, 0.2) is 0 Å². The number of rotatable bonds is 5. The summed E-state index contributed by atoms with van der Waals surface area (Å²) >= 11 is 0. The van der Waals surface area contributed by atoms with E-state index in [0.717, 1.165) is 32.1 Å². The van der Waals surface area contributed by atoms with Gasteiger partial charge in [-0.2, -0.15) is 0 Å². The zero-order chi connectivity index (χ0) is 13.7. The third-order valence-electron chi connectivity index (χ3n) is 3.90. The first-order valence-electron chi connectivity index (χ1n) is 7.20. The third-order valence-corrected chi connectivity index (χ3v) is 3.90. The van der Waals surface area contributed by atoms with Crippen LogP contribution in [0.3, 0.4) is 0 Å². The summed E-state index contributed by atoms with van der Waals surface area (Å²) in [7, 11) is 0. The van der Waals surface area contributed by atoms with E-state index in [1.807, 2.05) is 25.1 Å². The number of hydrogen-bond acceptors (Lipinski definition) is 2. The second-order valence-corrected chi connectivity index (χ2v) is 5.90. The van der Waals surface area contributed by atoms with E-state index in [1.165, 1.54) is 5.56 Å². The van der Waals surface area contributed by atoms with Crippen molar-refractivity contribution in [1.29, 1.82) is 0 Å². The van der Waals surface area contributed by atoms with Crippen LogP contribution in [0.5, 0.6) is 0 Å². The maximum absolute atomic E-state index is 12.0. The number of carbonyl (C=O) groups excluding carboxylic acids is 1. The molecule has 1 fully saturated rings. The molecular weight excluding hydrogens is 236 g/mol. The highest BCUT2D eigenvalue weighted by molar-refractivity contribution is 5.77. The molecule has 0 aliphatic heterocycles. The SMILES string of the molecule is CC(Cc1ccccc1)NC(=O)CC1(N)CCCC1. The molecule has 2 rings (SSSR count). The highest BCUT2D eigenvalue weighted by Gasteiger charge is 2.31. The van der Waals surface area contributed by atoms with Crippen LogP contribution in [-0.2, 0) is 11.2 Å². The first kappa shape index (κ1) is 14.1. The van der Waals surface area contributed by atoms with Crippen LogP contribution in [0.2, 0.25) is 0 Å². The molecule has 1 aliphatic carbocycles. The molecule has 0 saturated heterocycles. The monoisotopic (exact) mass is 260 g/mol. The van der Waals surface area contributed by atoms with Gasteiger partial charge >= 0.3 is 0 Å². The average molecular weight is 260 g/mol. The molecule has 0 heterocycles. The second kappa shape index (κ2) is 6.20. The van der Waals surface area contributed by atoms with E-state index in [0.29, 0.717) is 6.42 Å². The summed E-state index contributed by atoms with van der Waals surface area (Å²) in [6.07, 6.45) is 5.60. The van der Waals surface area contributed by atoms with E-state index < -0.39 is 0 Å². The summed E-state index contributed by atoms with van der Waals surface area (Å²) < 4.78 is 0. The molecule has 1 amide bonds. The van der Waals surface area contributed by atoms with Gasteiger partial charge in [-0.15, -0.1) is 0 Å². The molecule has 0 bridgehead atoms. The number of nitrogens with one attached hydrogen (secondary N) is 1. The predicted octanol–water partition coefficient (Wildman–Crippen LogP) is 2.40. The fourth-order valence-electron chi connectivity index (χ4n) is 2.92. The minimum atomic E-state index is -0.253. The Balaban J connectivity index is 1.78. The van der Waals surface area contributed by atoms with Crippen molar-refractivity contribution < 1.29 is 4.79 Å². The van der Waals surface area contributed by atoms with Crippen molar-refractivity contribution in [1.82, 2.24) is 5.32 Å². The Morgan fingerprint density at radius 1 is 1.32 bits per heavy atom. The maximum Gasteiger partial charge on any atom is 0.222 e. The van der Waals surface area contributed by atoms with E-state index >= 15 is 0 Å². The van der Waals surface area contributed by atoms with Crippen LogP contribution in [0.1, 0.15) is 44.6 Å². The Hall–Kier alpha value is -1.35. The summed E-state index contributed by atoms with van der Waals surface area (Å²) in [4.78, 5) is 12.0. The molecule has 0 radical (unpaired) electrons. The minimum Gasteiger partial charge on any atom is -0.353 e. The van der Waals surface area contributed by atoms with Crippen molar-refractivity contribution in [2.24, 2.45) is 5.73 Å². The molecule has 0 spiro atoms. The van der Waals surface area contributed by atoms with Gasteiger partial charge in [-0.3, -0.25) is 4.79 Å². The van der Waals surface area contributed by atoms with E-state index in [2.05, 4.69) is 17.4 Å². The molecule has 1 saturated carbocycles. The van der Waals surface area contributed by atoms with Crippen LogP contribution in [0.15, 0.2) is 30.3 Å². The van der Waals surface area contributed by atoms with Crippen LogP contribution in [0.4, 0.5) is 0 Å². The van der Waals surface area contributed by atoms with Crippen LogP contribution in [-0.4, -0.2) is 17.5 Å². The van der Waals surface area contributed by atoms with Gasteiger partial charge in [0.2, 0.25) is 5.91 Å². The number of amides is 1. The van der Waals surface area contributed by atoms with Crippen molar-refractivity contribution in [2.75, 3.05) is 0 Å². The smallest absolute Gasteiger partial charge is 0.222 e. The van der Waals surface area contributed by atoms with Crippen LogP contribution >= 0.6 is 0 Å². The van der Waals surface area contributed by atoms with Gasteiger partial charge in [-0.25, -0.2) is 0 Å². The quantitative estimate of drug-likeness (QED) is 0.854. The molecule has 0 aromatic heterocycles. The van der Waals surface area contributed by atoms with Crippen molar-refractivity contribution in [2.45, 2.75) is 57.0 Å². The highest BCUT2D eigenvalue weighted by atomic mass is 16.1. The fraction of sp³-hybridized carbons (Fsp3) is 0.562. The molecule has 3 N–H and O–H groups in total. The van der Waals surface area contributed by atoms with Gasteiger partial charge in [0.05, 0.1) is 0 Å². The van der Waals surface area contributed by atoms with Crippen molar-refractivity contribution in [3.8, 4) is 0 Å². The van der Waals surface area contributed by atoms with E-state index in [9.17, 15) is 4.79 Å². The number of nitrogens with two attached hydrogens (primary N) is 1.